The average molecular weight is 533 g/mol. The second kappa shape index (κ2) is 9.46. The van der Waals surface area contributed by atoms with Crippen LogP contribution in [-0.4, -0.2) is 65.0 Å². The van der Waals surface area contributed by atoms with E-state index in [1.807, 2.05) is 37.3 Å². The Bertz CT molecular complexity index is 1340. The molecule has 2 saturated heterocycles. The van der Waals surface area contributed by atoms with Crippen molar-refractivity contribution in [3.63, 3.8) is 0 Å². The average Bonchev–Trinajstić information content (AvgIpc) is 3.66. The second-order valence-electron chi connectivity index (χ2n) is 11.1. The third-order valence-corrected chi connectivity index (χ3v) is 8.39. The molecular weight excluding hydrogens is 500 g/mol. The molecule has 6 rings (SSSR count). The van der Waals surface area contributed by atoms with Gasteiger partial charge in [-0.2, -0.15) is 0 Å². The fraction of sp³-hybridized carbons (Fsp3) is 0.448. The molecule has 10 heteroatoms. The van der Waals surface area contributed by atoms with Crippen molar-refractivity contribution in [1.29, 1.82) is 0 Å². The zero-order valence-electron chi connectivity index (χ0n) is 21.9. The molecule has 3 fully saturated rings. The van der Waals surface area contributed by atoms with Gasteiger partial charge in [0.05, 0.1) is 13.2 Å². The van der Waals surface area contributed by atoms with E-state index in [1.54, 1.807) is 23.1 Å². The first-order valence-electron chi connectivity index (χ1n) is 13.4. The molecule has 204 valence electrons. The first-order chi connectivity index (χ1) is 18.7. The minimum absolute atomic E-state index is 0.000359. The summed E-state index contributed by atoms with van der Waals surface area (Å²) in [7, 11) is 0. The zero-order chi connectivity index (χ0) is 27.4. The third-order valence-electron chi connectivity index (χ3n) is 8.39. The van der Waals surface area contributed by atoms with Gasteiger partial charge in [-0.3, -0.25) is 14.4 Å². The van der Waals surface area contributed by atoms with Gasteiger partial charge in [-0.1, -0.05) is 36.4 Å². The molecule has 0 radical (unpaired) electrons. The summed E-state index contributed by atoms with van der Waals surface area (Å²) in [5, 5.41) is 2.81. The largest absolute Gasteiger partial charge is 0.427 e. The molecule has 2 aromatic rings. The molecule has 4 aliphatic rings. The van der Waals surface area contributed by atoms with Gasteiger partial charge in [0.1, 0.15) is 12.1 Å². The Morgan fingerprint density at radius 2 is 1.90 bits per heavy atom. The molecule has 3 N–H and O–H groups in total. The van der Waals surface area contributed by atoms with E-state index < -0.39 is 23.1 Å². The number of nitrogens with two attached hydrogens (primary N) is 1. The van der Waals surface area contributed by atoms with Crippen LogP contribution in [0.4, 0.5) is 10.5 Å². The molecule has 2 aliphatic carbocycles. The van der Waals surface area contributed by atoms with Crippen LogP contribution in [0.25, 0.3) is 0 Å². The van der Waals surface area contributed by atoms with Crippen LogP contribution in [-0.2, 0) is 42.4 Å². The van der Waals surface area contributed by atoms with Crippen molar-refractivity contribution >= 4 is 29.5 Å². The summed E-state index contributed by atoms with van der Waals surface area (Å²) in [6, 6.07) is 14.8. The number of benzene rings is 2. The highest BCUT2D eigenvalue weighted by molar-refractivity contribution is 6.06. The quantitative estimate of drug-likeness (QED) is 0.533. The number of imide groups is 1. The van der Waals surface area contributed by atoms with Gasteiger partial charge in [0.2, 0.25) is 17.4 Å². The highest BCUT2D eigenvalue weighted by Gasteiger charge is 2.58. The number of fused-ring (bicyclic) bond motifs is 2. The number of rotatable bonds is 8. The van der Waals surface area contributed by atoms with Gasteiger partial charge in [-0.25, -0.2) is 9.69 Å². The lowest BCUT2D eigenvalue weighted by Gasteiger charge is -2.35. The van der Waals surface area contributed by atoms with E-state index in [1.165, 1.54) is 0 Å². The van der Waals surface area contributed by atoms with Crippen molar-refractivity contribution in [2.24, 2.45) is 11.7 Å². The van der Waals surface area contributed by atoms with Crippen molar-refractivity contribution in [3.8, 4) is 0 Å². The van der Waals surface area contributed by atoms with Crippen LogP contribution in [0.1, 0.15) is 42.9 Å². The molecule has 0 bridgehead atoms. The highest BCUT2D eigenvalue weighted by atomic mass is 16.6. The van der Waals surface area contributed by atoms with Crippen molar-refractivity contribution in [3.05, 3.63) is 65.2 Å². The Morgan fingerprint density at radius 3 is 2.56 bits per heavy atom. The molecule has 1 spiro atoms. The van der Waals surface area contributed by atoms with Crippen LogP contribution < -0.4 is 11.1 Å². The molecule has 4 amide bonds. The zero-order valence-corrected chi connectivity index (χ0v) is 21.9. The minimum Gasteiger partial charge on any atom is -0.427 e. The second-order valence-corrected chi connectivity index (χ2v) is 11.1. The van der Waals surface area contributed by atoms with Gasteiger partial charge >= 0.3 is 6.09 Å². The minimum atomic E-state index is -1.46. The molecule has 10 nitrogen and oxygen atoms in total. The van der Waals surface area contributed by atoms with Crippen LogP contribution in [0, 0.1) is 5.92 Å². The van der Waals surface area contributed by atoms with Gasteiger partial charge in [0.25, 0.3) is 5.91 Å². The number of amides is 4. The van der Waals surface area contributed by atoms with E-state index in [4.69, 9.17) is 15.2 Å². The Kier molecular flexibility index (Phi) is 6.19. The first kappa shape index (κ1) is 25.5. The predicted octanol–water partition coefficient (Wildman–Crippen LogP) is 2.30. The van der Waals surface area contributed by atoms with E-state index in [0.717, 1.165) is 28.9 Å². The molecule has 2 aliphatic heterocycles. The first-order valence-corrected chi connectivity index (χ1v) is 13.4. The van der Waals surface area contributed by atoms with Crippen LogP contribution in [0.5, 0.6) is 0 Å². The Morgan fingerprint density at radius 1 is 1.15 bits per heavy atom. The van der Waals surface area contributed by atoms with E-state index >= 15 is 0 Å². The van der Waals surface area contributed by atoms with Gasteiger partial charge in [-0.15, -0.1) is 0 Å². The van der Waals surface area contributed by atoms with Crippen molar-refractivity contribution < 1.29 is 28.7 Å². The smallest absolute Gasteiger partial charge is 0.418 e. The van der Waals surface area contributed by atoms with Crippen LogP contribution in [0.3, 0.4) is 0 Å². The molecule has 2 heterocycles. The maximum Gasteiger partial charge on any atom is 0.418 e. The fourth-order valence-electron chi connectivity index (χ4n) is 5.74. The van der Waals surface area contributed by atoms with Crippen molar-refractivity contribution in [1.82, 2.24) is 9.80 Å². The number of nitrogens with zero attached hydrogens (tertiary/aromatic N) is 2. The van der Waals surface area contributed by atoms with Crippen LogP contribution in [0.15, 0.2) is 48.5 Å². The Balaban J connectivity index is 1.18. The third kappa shape index (κ3) is 4.47. The Hall–Kier alpha value is -3.76. The topological polar surface area (TPSA) is 131 Å². The van der Waals surface area contributed by atoms with Crippen molar-refractivity contribution in [2.75, 3.05) is 25.1 Å². The SMILES string of the molecule is C[C@@H](C1CC1)N(Cc1ccccc1)C(=O)CN1C(=O)OC2(CCc3cc(NC(=O)C4(N)COC4)ccc32)C1=O. The fourth-order valence-corrected chi connectivity index (χ4v) is 5.74. The number of carbonyl (C=O) groups excluding carboxylic acids is 4. The standard InChI is InChI=1S/C29H32N4O6/c1-18(20-7-8-20)32(14-19-5-3-2-4-6-19)24(34)15-33-26(36)29(39-27(33)37)12-11-21-13-22(9-10-23(21)29)31-25(35)28(30)16-38-17-28/h2-6,9-10,13,18,20H,7-8,11-12,14-17,30H2,1H3,(H,31,35)/t18-,29?/m0/s1. The predicted molar refractivity (Wildman–Crippen MR) is 140 cm³/mol. The lowest BCUT2D eigenvalue weighted by atomic mass is 9.94. The van der Waals surface area contributed by atoms with Gasteiger partial charge in [-0.05, 0) is 55.4 Å². The Labute approximate surface area is 226 Å². The summed E-state index contributed by atoms with van der Waals surface area (Å²) >= 11 is 0. The normalized spacial score (nSPS) is 23.7. The number of carbonyl (C=O) groups is 4. The maximum absolute atomic E-state index is 13.7. The number of aryl methyl sites for hydroxylation is 1. The molecule has 1 unspecified atom stereocenters. The van der Waals surface area contributed by atoms with Crippen molar-refractivity contribution in [2.45, 2.75) is 56.3 Å². The highest BCUT2D eigenvalue weighted by Crippen LogP contribution is 2.46. The van der Waals surface area contributed by atoms with E-state index in [9.17, 15) is 19.2 Å². The van der Waals surface area contributed by atoms with Gasteiger partial charge in [0, 0.05) is 30.3 Å². The molecular formula is C29H32N4O6. The summed E-state index contributed by atoms with van der Waals surface area (Å²) in [5.41, 5.74) is 6.42. The summed E-state index contributed by atoms with van der Waals surface area (Å²) in [6.45, 7) is 2.39. The van der Waals surface area contributed by atoms with E-state index in [0.29, 0.717) is 30.1 Å². The summed E-state index contributed by atoms with van der Waals surface area (Å²) in [4.78, 5) is 55.4. The lowest BCUT2D eigenvalue weighted by molar-refractivity contribution is -0.143. The van der Waals surface area contributed by atoms with Crippen LogP contribution in [0.2, 0.25) is 0 Å². The summed E-state index contributed by atoms with van der Waals surface area (Å²) in [5.74, 6) is -0.724. The van der Waals surface area contributed by atoms with Crippen LogP contribution >= 0.6 is 0 Å². The molecule has 1 saturated carbocycles. The summed E-state index contributed by atoms with van der Waals surface area (Å²) < 4.78 is 10.8. The van der Waals surface area contributed by atoms with Gasteiger partial charge < -0.3 is 25.4 Å². The maximum atomic E-state index is 13.7. The van der Waals surface area contributed by atoms with E-state index in [2.05, 4.69) is 5.32 Å². The number of hydrogen-bond donors (Lipinski definition) is 2. The number of ether oxygens (including phenoxy) is 2. The summed E-state index contributed by atoms with van der Waals surface area (Å²) in [6.07, 6.45) is 2.07. The lowest BCUT2D eigenvalue weighted by Crippen LogP contribution is -2.65. The molecule has 2 atom stereocenters. The number of hydrogen-bond acceptors (Lipinski definition) is 7. The molecule has 39 heavy (non-hydrogen) atoms. The molecule has 0 aromatic heterocycles. The molecule has 2 aromatic carbocycles. The number of anilines is 1. The van der Waals surface area contributed by atoms with E-state index in [-0.39, 0.29) is 44.0 Å². The number of nitrogens with one attached hydrogen (secondary N) is 1. The monoisotopic (exact) mass is 532 g/mol. The van der Waals surface area contributed by atoms with Gasteiger partial charge in [0.15, 0.2) is 0 Å².